The standard InChI is InChI=1S/C16H18BrNO2/c1-4-15-16(8-5-10(2)18-15)20-12-6-7-13(11(3)19)14(17)9-12/h5-9,11,19H,4H2,1-3H3/t11-/m0/s1. The van der Waals surface area contributed by atoms with E-state index in [9.17, 15) is 5.11 Å². The number of pyridine rings is 1. The molecule has 4 heteroatoms. The number of benzene rings is 1. The Morgan fingerprint density at radius 1 is 1.30 bits per heavy atom. The van der Waals surface area contributed by atoms with Crippen LogP contribution in [0.4, 0.5) is 0 Å². The maximum Gasteiger partial charge on any atom is 0.148 e. The van der Waals surface area contributed by atoms with Gasteiger partial charge in [0.05, 0.1) is 11.8 Å². The number of hydrogen-bond acceptors (Lipinski definition) is 3. The van der Waals surface area contributed by atoms with Crippen molar-refractivity contribution in [3.8, 4) is 11.5 Å². The Morgan fingerprint density at radius 3 is 2.65 bits per heavy atom. The second-order valence-electron chi connectivity index (χ2n) is 4.71. The van der Waals surface area contributed by atoms with Crippen molar-refractivity contribution in [2.24, 2.45) is 0 Å². The number of rotatable bonds is 4. The highest BCUT2D eigenvalue weighted by Crippen LogP contribution is 2.31. The molecule has 1 atom stereocenters. The number of nitrogens with zero attached hydrogens (tertiary/aromatic N) is 1. The minimum absolute atomic E-state index is 0.509. The van der Waals surface area contributed by atoms with Crippen LogP contribution in [0.2, 0.25) is 0 Å². The summed E-state index contributed by atoms with van der Waals surface area (Å²) in [4.78, 5) is 4.48. The van der Waals surface area contributed by atoms with Gasteiger partial charge in [-0.2, -0.15) is 0 Å². The molecule has 20 heavy (non-hydrogen) atoms. The molecule has 2 aromatic rings. The molecule has 0 saturated heterocycles. The van der Waals surface area contributed by atoms with Crippen molar-refractivity contribution in [3.63, 3.8) is 0 Å². The van der Waals surface area contributed by atoms with Crippen molar-refractivity contribution < 1.29 is 9.84 Å². The van der Waals surface area contributed by atoms with Gasteiger partial charge in [-0.3, -0.25) is 4.98 Å². The summed E-state index contributed by atoms with van der Waals surface area (Å²) in [7, 11) is 0. The molecule has 0 aliphatic heterocycles. The van der Waals surface area contributed by atoms with Gasteiger partial charge in [0.2, 0.25) is 0 Å². The molecule has 0 unspecified atom stereocenters. The lowest BCUT2D eigenvalue weighted by molar-refractivity contribution is 0.198. The number of aliphatic hydroxyl groups is 1. The molecule has 0 aliphatic carbocycles. The van der Waals surface area contributed by atoms with Crippen LogP contribution in [-0.4, -0.2) is 10.1 Å². The molecule has 0 bridgehead atoms. The molecular formula is C16H18BrNO2. The van der Waals surface area contributed by atoms with Crippen LogP contribution in [0.1, 0.15) is 36.9 Å². The lowest BCUT2D eigenvalue weighted by Gasteiger charge is -2.12. The Hall–Kier alpha value is -1.39. The molecule has 2 rings (SSSR count). The topological polar surface area (TPSA) is 42.4 Å². The zero-order valence-electron chi connectivity index (χ0n) is 11.9. The highest BCUT2D eigenvalue weighted by Gasteiger charge is 2.09. The molecule has 0 radical (unpaired) electrons. The van der Waals surface area contributed by atoms with Crippen LogP contribution in [-0.2, 0) is 6.42 Å². The normalized spacial score (nSPS) is 12.2. The molecule has 0 spiro atoms. The number of aromatic nitrogens is 1. The minimum atomic E-state index is -0.509. The smallest absolute Gasteiger partial charge is 0.148 e. The average molecular weight is 336 g/mol. The van der Waals surface area contributed by atoms with Gasteiger partial charge in [-0.25, -0.2) is 0 Å². The second-order valence-corrected chi connectivity index (χ2v) is 5.57. The molecule has 0 fully saturated rings. The fourth-order valence-corrected chi connectivity index (χ4v) is 2.67. The third-order valence-electron chi connectivity index (χ3n) is 3.06. The van der Waals surface area contributed by atoms with Gasteiger partial charge in [-0.05, 0) is 50.1 Å². The van der Waals surface area contributed by atoms with Gasteiger partial charge in [0.1, 0.15) is 11.5 Å². The highest BCUT2D eigenvalue weighted by molar-refractivity contribution is 9.10. The number of aliphatic hydroxyl groups excluding tert-OH is 1. The fraction of sp³-hybridized carbons (Fsp3) is 0.312. The number of hydrogen-bond donors (Lipinski definition) is 1. The second kappa shape index (κ2) is 6.37. The van der Waals surface area contributed by atoms with Crippen LogP contribution < -0.4 is 4.74 Å². The third kappa shape index (κ3) is 3.38. The van der Waals surface area contributed by atoms with E-state index in [0.29, 0.717) is 0 Å². The van der Waals surface area contributed by atoms with Crippen LogP contribution in [0.15, 0.2) is 34.8 Å². The van der Waals surface area contributed by atoms with Crippen molar-refractivity contribution >= 4 is 15.9 Å². The minimum Gasteiger partial charge on any atom is -0.455 e. The summed E-state index contributed by atoms with van der Waals surface area (Å²) in [5.74, 6) is 1.50. The van der Waals surface area contributed by atoms with Crippen LogP contribution >= 0.6 is 15.9 Å². The quantitative estimate of drug-likeness (QED) is 0.890. The first-order chi connectivity index (χ1) is 9.51. The van der Waals surface area contributed by atoms with Gasteiger partial charge in [0.25, 0.3) is 0 Å². The Kier molecular flexibility index (Phi) is 4.78. The van der Waals surface area contributed by atoms with Crippen LogP contribution in [0, 0.1) is 6.92 Å². The zero-order chi connectivity index (χ0) is 14.7. The largest absolute Gasteiger partial charge is 0.455 e. The predicted molar refractivity (Wildman–Crippen MR) is 83.2 cm³/mol. The van der Waals surface area contributed by atoms with Crippen molar-refractivity contribution in [3.05, 3.63) is 51.8 Å². The lowest BCUT2D eigenvalue weighted by Crippen LogP contribution is -1.97. The van der Waals surface area contributed by atoms with E-state index in [1.807, 2.05) is 37.3 Å². The monoisotopic (exact) mass is 335 g/mol. The zero-order valence-corrected chi connectivity index (χ0v) is 13.4. The Bertz CT molecular complexity index is 611. The van der Waals surface area contributed by atoms with Crippen molar-refractivity contribution in [2.45, 2.75) is 33.3 Å². The summed E-state index contributed by atoms with van der Waals surface area (Å²) in [6.07, 6.45) is 0.315. The first-order valence-corrected chi connectivity index (χ1v) is 7.42. The first-order valence-electron chi connectivity index (χ1n) is 6.63. The average Bonchev–Trinajstić information content (AvgIpc) is 2.40. The van der Waals surface area contributed by atoms with Gasteiger partial charge in [0.15, 0.2) is 0 Å². The molecular weight excluding hydrogens is 318 g/mol. The molecule has 1 heterocycles. The molecule has 1 N–H and O–H groups in total. The Morgan fingerprint density at radius 2 is 2.05 bits per heavy atom. The van der Waals surface area contributed by atoms with E-state index >= 15 is 0 Å². The van der Waals surface area contributed by atoms with E-state index in [2.05, 4.69) is 27.8 Å². The summed E-state index contributed by atoms with van der Waals surface area (Å²) in [6, 6.07) is 9.45. The molecule has 0 aliphatic rings. The van der Waals surface area contributed by atoms with Crippen LogP contribution in [0.25, 0.3) is 0 Å². The van der Waals surface area contributed by atoms with Crippen LogP contribution in [0.3, 0.4) is 0 Å². The molecule has 106 valence electrons. The van der Waals surface area contributed by atoms with Gasteiger partial charge in [-0.1, -0.05) is 28.9 Å². The van der Waals surface area contributed by atoms with Gasteiger partial charge >= 0.3 is 0 Å². The van der Waals surface area contributed by atoms with Gasteiger partial charge in [0, 0.05) is 10.2 Å². The van der Waals surface area contributed by atoms with Gasteiger partial charge < -0.3 is 9.84 Å². The summed E-state index contributed by atoms with van der Waals surface area (Å²) in [5.41, 5.74) is 2.77. The summed E-state index contributed by atoms with van der Waals surface area (Å²) >= 11 is 3.45. The first kappa shape index (κ1) is 15.0. The van der Waals surface area contributed by atoms with E-state index in [1.54, 1.807) is 6.92 Å². The van der Waals surface area contributed by atoms with Gasteiger partial charge in [-0.15, -0.1) is 0 Å². The van der Waals surface area contributed by atoms with E-state index in [4.69, 9.17) is 4.74 Å². The number of ether oxygens (including phenoxy) is 1. The van der Waals surface area contributed by atoms with E-state index in [1.165, 1.54) is 0 Å². The summed E-state index contributed by atoms with van der Waals surface area (Å²) < 4.78 is 6.73. The molecule has 0 saturated carbocycles. The molecule has 1 aromatic heterocycles. The van der Waals surface area contributed by atoms with Crippen molar-refractivity contribution in [2.75, 3.05) is 0 Å². The third-order valence-corrected chi connectivity index (χ3v) is 3.74. The Balaban J connectivity index is 2.28. The maximum atomic E-state index is 9.62. The van der Waals surface area contributed by atoms with E-state index in [0.717, 1.165) is 39.3 Å². The molecule has 3 nitrogen and oxygen atoms in total. The summed E-state index contributed by atoms with van der Waals surface area (Å²) in [6.45, 7) is 5.76. The number of halogens is 1. The predicted octanol–water partition coefficient (Wildman–Crippen LogP) is 4.56. The SMILES string of the molecule is CCc1nc(C)ccc1Oc1ccc([C@H](C)O)c(Br)c1. The Labute approximate surface area is 127 Å². The molecule has 0 amide bonds. The molecule has 1 aromatic carbocycles. The number of aryl methyl sites for hydroxylation is 2. The van der Waals surface area contributed by atoms with E-state index < -0.39 is 6.10 Å². The summed E-state index contributed by atoms with van der Waals surface area (Å²) in [5, 5.41) is 9.62. The highest BCUT2D eigenvalue weighted by atomic mass is 79.9. The fourth-order valence-electron chi connectivity index (χ4n) is 1.98. The van der Waals surface area contributed by atoms with Crippen molar-refractivity contribution in [1.82, 2.24) is 4.98 Å². The van der Waals surface area contributed by atoms with Crippen molar-refractivity contribution in [1.29, 1.82) is 0 Å². The lowest BCUT2D eigenvalue weighted by atomic mass is 10.1. The maximum absolute atomic E-state index is 9.62. The van der Waals surface area contributed by atoms with Crippen LogP contribution in [0.5, 0.6) is 11.5 Å². The van der Waals surface area contributed by atoms with E-state index in [-0.39, 0.29) is 0 Å².